The molecule has 1 aromatic rings. The second kappa shape index (κ2) is 2.42. The minimum absolute atomic E-state index is 0.0486. The van der Waals surface area contributed by atoms with E-state index in [9.17, 15) is 4.79 Å². The highest BCUT2D eigenvalue weighted by molar-refractivity contribution is 5.91. The molecule has 0 unspecified atom stereocenters. The molecule has 0 radical (unpaired) electrons. The van der Waals surface area contributed by atoms with Crippen LogP contribution >= 0.6 is 0 Å². The molecule has 0 saturated heterocycles. The number of carboxylic acids is 1. The number of nitrogens with one attached hydrogen (secondary N) is 1. The second-order valence-electron chi connectivity index (χ2n) is 1.99. The van der Waals surface area contributed by atoms with Crippen LogP contribution in [-0.2, 0) is 0 Å². The van der Waals surface area contributed by atoms with E-state index >= 15 is 0 Å². The van der Waals surface area contributed by atoms with Crippen LogP contribution in [-0.4, -0.2) is 21.3 Å². The Morgan fingerprint density at radius 1 is 1.82 bits per heavy atom. The number of aromatic carboxylic acids is 1. The molecule has 1 aromatic heterocycles. The van der Waals surface area contributed by atoms with Gasteiger partial charge in [0.2, 0.25) is 0 Å². The first-order valence-corrected chi connectivity index (χ1v) is 2.85. The maximum atomic E-state index is 10.5. The summed E-state index contributed by atoms with van der Waals surface area (Å²) in [7, 11) is 0. The van der Waals surface area contributed by atoms with Crippen LogP contribution in [0.25, 0.3) is 0 Å². The van der Waals surface area contributed by atoms with Gasteiger partial charge >= 0.3 is 5.97 Å². The van der Waals surface area contributed by atoms with Crippen LogP contribution in [0, 0.1) is 18.3 Å². The molecule has 0 fully saturated rings. The molecule has 0 aliphatic heterocycles. The van der Waals surface area contributed by atoms with Crippen molar-refractivity contribution in [2.24, 2.45) is 0 Å². The van der Waals surface area contributed by atoms with Crippen molar-refractivity contribution in [2.45, 2.75) is 6.92 Å². The number of nitrogens with zero attached hydrogens (tertiary/aromatic N) is 2. The van der Waals surface area contributed by atoms with Crippen LogP contribution in [0.4, 0.5) is 0 Å². The van der Waals surface area contributed by atoms with E-state index < -0.39 is 5.97 Å². The largest absolute Gasteiger partial charge is 0.478 e. The lowest BCUT2D eigenvalue weighted by atomic mass is 10.2. The van der Waals surface area contributed by atoms with Gasteiger partial charge in [0.1, 0.15) is 11.6 Å². The summed E-state index contributed by atoms with van der Waals surface area (Å²) in [6.45, 7) is 1.55. The number of hydrogen-bond donors (Lipinski definition) is 2. The number of aromatic nitrogens is 2. The van der Waals surface area contributed by atoms with Crippen molar-refractivity contribution in [3.8, 4) is 6.07 Å². The Kier molecular flexibility index (Phi) is 1.60. The van der Waals surface area contributed by atoms with Crippen molar-refractivity contribution in [2.75, 3.05) is 0 Å². The molecule has 5 nitrogen and oxygen atoms in total. The van der Waals surface area contributed by atoms with Gasteiger partial charge < -0.3 is 5.11 Å². The highest BCUT2D eigenvalue weighted by atomic mass is 16.4. The Labute approximate surface area is 62.3 Å². The SMILES string of the molecule is Cc1[nH]nc(C#N)c1C(=O)O. The molecule has 0 aliphatic rings. The van der Waals surface area contributed by atoms with Crippen LogP contribution < -0.4 is 0 Å². The summed E-state index contributed by atoms with van der Waals surface area (Å²) >= 11 is 0. The van der Waals surface area contributed by atoms with E-state index in [1.54, 1.807) is 13.0 Å². The molecule has 56 valence electrons. The molecule has 1 rings (SSSR count). The van der Waals surface area contributed by atoms with Gasteiger partial charge in [0, 0.05) is 5.69 Å². The molecule has 1 heterocycles. The van der Waals surface area contributed by atoms with Crippen molar-refractivity contribution >= 4 is 5.97 Å². The van der Waals surface area contributed by atoms with E-state index in [2.05, 4.69) is 10.2 Å². The maximum Gasteiger partial charge on any atom is 0.340 e. The third kappa shape index (κ3) is 1.05. The Morgan fingerprint density at radius 3 is 2.82 bits per heavy atom. The number of aryl methyl sites for hydroxylation is 1. The average Bonchev–Trinajstić information content (AvgIpc) is 2.30. The summed E-state index contributed by atoms with van der Waals surface area (Å²) in [5.74, 6) is -1.13. The highest BCUT2D eigenvalue weighted by Crippen LogP contribution is 2.08. The first-order chi connectivity index (χ1) is 5.16. The molecule has 0 aliphatic carbocycles. The van der Waals surface area contributed by atoms with E-state index in [1.807, 2.05) is 0 Å². The van der Waals surface area contributed by atoms with Gasteiger partial charge in [-0.1, -0.05) is 0 Å². The number of nitriles is 1. The van der Waals surface area contributed by atoms with Gasteiger partial charge in [-0.2, -0.15) is 10.4 Å². The number of rotatable bonds is 1. The quantitative estimate of drug-likeness (QED) is 0.603. The number of aromatic amines is 1. The molecule has 0 atom stereocenters. The van der Waals surface area contributed by atoms with Crippen molar-refractivity contribution in [3.63, 3.8) is 0 Å². The predicted octanol–water partition coefficient (Wildman–Crippen LogP) is 0.288. The second-order valence-corrected chi connectivity index (χ2v) is 1.99. The van der Waals surface area contributed by atoms with E-state index in [4.69, 9.17) is 10.4 Å². The minimum Gasteiger partial charge on any atom is -0.478 e. The molecule has 2 N–H and O–H groups in total. The third-order valence-electron chi connectivity index (χ3n) is 1.27. The fraction of sp³-hybridized carbons (Fsp3) is 0.167. The van der Waals surface area contributed by atoms with Crippen molar-refractivity contribution in [1.29, 1.82) is 5.26 Å². The van der Waals surface area contributed by atoms with Gasteiger partial charge in [0.05, 0.1) is 0 Å². The fourth-order valence-corrected chi connectivity index (χ4v) is 0.772. The Balaban J connectivity index is 3.32. The first kappa shape index (κ1) is 7.28. The number of hydrogen-bond acceptors (Lipinski definition) is 3. The first-order valence-electron chi connectivity index (χ1n) is 2.85. The van der Waals surface area contributed by atoms with Crippen LogP contribution in [0.2, 0.25) is 0 Å². The number of H-pyrrole nitrogens is 1. The fourth-order valence-electron chi connectivity index (χ4n) is 0.772. The number of carboxylic acid groups (broad SMARTS) is 1. The normalized spacial score (nSPS) is 9.09. The highest BCUT2D eigenvalue weighted by Gasteiger charge is 2.15. The zero-order valence-corrected chi connectivity index (χ0v) is 5.75. The lowest BCUT2D eigenvalue weighted by Gasteiger charge is -1.87. The topological polar surface area (TPSA) is 89.8 Å². The van der Waals surface area contributed by atoms with Crippen LogP contribution in [0.5, 0.6) is 0 Å². The molecule has 0 bridgehead atoms. The van der Waals surface area contributed by atoms with E-state index in [0.717, 1.165) is 0 Å². The molecular weight excluding hydrogens is 146 g/mol. The lowest BCUT2D eigenvalue weighted by Crippen LogP contribution is -1.99. The molecule has 5 heteroatoms. The standard InChI is InChI=1S/C6H5N3O2/c1-3-5(6(10)11)4(2-7)9-8-3/h1H3,(H,8,9)(H,10,11). The zero-order valence-electron chi connectivity index (χ0n) is 5.75. The minimum atomic E-state index is -1.13. The van der Waals surface area contributed by atoms with Gasteiger partial charge in [0.15, 0.2) is 5.69 Å². The van der Waals surface area contributed by atoms with E-state index in [0.29, 0.717) is 5.69 Å². The van der Waals surface area contributed by atoms with E-state index in [-0.39, 0.29) is 11.3 Å². The van der Waals surface area contributed by atoms with Gasteiger partial charge in [-0.25, -0.2) is 4.79 Å². The Bertz CT molecular complexity index is 334. The summed E-state index contributed by atoms with van der Waals surface area (Å²) in [6, 6.07) is 1.67. The number of carbonyl (C=O) groups is 1. The lowest BCUT2D eigenvalue weighted by molar-refractivity contribution is 0.0696. The molecule has 0 aromatic carbocycles. The van der Waals surface area contributed by atoms with Crippen LogP contribution in [0.15, 0.2) is 0 Å². The Morgan fingerprint density at radius 2 is 2.45 bits per heavy atom. The molecule has 0 amide bonds. The summed E-state index contributed by atoms with van der Waals surface area (Å²) in [5, 5.41) is 22.8. The van der Waals surface area contributed by atoms with Gasteiger partial charge in [-0.05, 0) is 6.92 Å². The van der Waals surface area contributed by atoms with Crippen LogP contribution in [0.1, 0.15) is 21.7 Å². The molecule has 11 heavy (non-hydrogen) atoms. The maximum absolute atomic E-state index is 10.5. The Hall–Kier alpha value is -1.83. The third-order valence-corrected chi connectivity index (χ3v) is 1.27. The van der Waals surface area contributed by atoms with Crippen molar-refractivity contribution in [3.05, 3.63) is 17.0 Å². The van der Waals surface area contributed by atoms with Crippen molar-refractivity contribution in [1.82, 2.24) is 10.2 Å². The molecule has 0 saturated carbocycles. The zero-order chi connectivity index (χ0) is 8.43. The van der Waals surface area contributed by atoms with Gasteiger partial charge in [0.25, 0.3) is 0 Å². The van der Waals surface area contributed by atoms with E-state index in [1.165, 1.54) is 0 Å². The van der Waals surface area contributed by atoms with Crippen molar-refractivity contribution < 1.29 is 9.90 Å². The smallest absolute Gasteiger partial charge is 0.340 e. The monoisotopic (exact) mass is 151 g/mol. The molecule has 0 spiro atoms. The summed E-state index contributed by atoms with van der Waals surface area (Å²) in [6.07, 6.45) is 0. The van der Waals surface area contributed by atoms with Gasteiger partial charge in [-0.15, -0.1) is 0 Å². The summed E-state index contributed by atoms with van der Waals surface area (Å²) in [4.78, 5) is 10.5. The summed E-state index contributed by atoms with van der Waals surface area (Å²) in [5.41, 5.74) is 0.275. The predicted molar refractivity (Wildman–Crippen MR) is 35.0 cm³/mol. The molecular formula is C6H5N3O2. The van der Waals surface area contributed by atoms with Crippen LogP contribution in [0.3, 0.4) is 0 Å². The average molecular weight is 151 g/mol. The van der Waals surface area contributed by atoms with Gasteiger partial charge in [-0.3, -0.25) is 5.10 Å². The summed E-state index contributed by atoms with van der Waals surface area (Å²) < 4.78 is 0.